The zero-order valence-electron chi connectivity index (χ0n) is 12.5. The van der Waals surface area contributed by atoms with E-state index in [1.807, 2.05) is 36.4 Å². The molecule has 0 aliphatic heterocycles. The van der Waals surface area contributed by atoms with Gasteiger partial charge in [-0.3, -0.25) is 0 Å². The number of anilines is 2. The number of carbonyl (C=O) groups excluding carboxylic acids is 1. The lowest BCUT2D eigenvalue weighted by atomic mass is 10.1. The van der Waals surface area contributed by atoms with Crippen LogP contribution in [0.4, 0.5) is 10.8 Å². The Morgan fingerprint density at radius 3 is 2.70 bits per heavy atom. The average molecular weight is 387 g/mol. The van der Waals surface area contributed by atoms with Gasteiger partial charge >= 0.3 is 0 Å². The monoisotopic (exact) mass is 386 g/mol. The Hall–Kier alpha value is -1.98. The number of aromatic nitrogens is 1. The molecule has 0 amide bonds. The number of hydrogen-bond donors (Lipinski definition) is 1. The van der Waals surface area contributed by atoms with Crippen LogP contribution < -0.4 is 5.32 Å². The Bertz CT molecular complexity index is 827. The minimum atomic E-state index is 0.376. The van der Waals surface area contributed by atoms with E-state index in [2.05, 4.69) is 45.3 Å². The van der Waals surface area contributed by atoms with E-state index in [-0.39, 0.29) is 0 Å². The van der Waals surface area contributed by atoms with Gasteiger partial charge < -0.3 is 10.1 Å². The highest BCUT2D eigenvalue weighted by molar-refractivity contribution is 9.10. The number of benzene rings is 2. The summed E-state index contributed by atoms with van der Waals surface area (Å²) in [6.45, 7) is 2.05. The average Bonchev–Trinajstić information content (AvgIpc) is 2.91. The summed E-state index contributed by atoms with van der Waals surface area (Å²) in [7, 11) is 0. The zero-order chi connectivity index (χ0) is 16.2. The van der Waals surface area contributed by atoms with Crippen molar-refractivity contribution in [2.75, 3.05) is 5.32 Å². The second-order valence-electron chi connectivity index (χ2n) is 5.16. The smallest absolute Gasteiger partial charge is 0.187 e. The lowest BCUT2D eigenvalue weighted by molar-refractivity contribution is -0.107. The van der Waals surface area contributed by atoms with E-state index in [0.717, 1.165) is 37.7 Å². The normalized spacial score (nSPS) is 10.5. The molecule has 0 saturated heterocycles. The van der Waals surface area contributed by atoms with Gasteiger partial charge in [0.15, 0.2) is 5.13 Å². The van der Waals surface area contributed by atoms with E-state index in [9.17, 15) is 4.79 Å². The Morgan fingerprint density at radius 1 is 1.22 bits per heavy atom. The molecule has 116 valence electrons. The summed E-state index contributed by atoms with van der Waals surface area (Å²) in [5.74, 6) is 0. The first-order valence-corrected chi connectivity index (χ1v) is 8.79. The fourth-order valence-corrected chi connectivity index (χ4v) is 3.60. The Labute approximate surface area is 147 Å². The molecule has 23 heavy (non-hydrogen) atoms. The standard InChI is InChI=1S/C18H15BrN2OS/c1-12-5-7-13(8-6-12)17-16(9-10-22)23-18(21-17)20-15-4-2-3-14(19)11-15/h2-8,10-11H,9H2,1H3,(H,20,21). The number of nitrogens with one attached hydrogen (secondary N) is 1. The Morgan fingerprint density at radius 2 is 2.00 bits per heavy atom. The molecule has 0 spiro atoms. The molecule has 3 aromatic rings. The molecule has 0 radical (unpaired) electrons. The zero-order valence-corrected chi connectivity index (χ0v) is 14.9. The maximum atomic E-state index is 11.0. The van der Waals surface area contributed by atoms with Crippen molar-refractivity contribution in [2.45, 2.75) is 13.3 Å². The maximum Gasteiger partial charge on any atom is 0.187 e. The fraction of sp³-hybridized carbons (Fsp3) is 0.111. The number of aldehydes is 1. The van der Waals surface area contributed by atoms with E-state index in [1.165, 1.54) is 16.9 Å². The second-order valence-corrected chi connectivity index (χ2v) is 7.16. The Balaban J connectivity index is 1.95. The van der Waals surface area contributed by atoms with Gasteiger partial charge in [-0.2, -0.15) is 0 Å². The maximum absolute atomic E-state index is 11.0. The number of rotatable bonds is 5. The molecule has 0 saturated carbocycles. The summed E-state index contributed by atoms with van der Waals surface area (Å²) < 4.78 is 1.01. The highest BCUT2D eigenvalue weighted by Gasteiger charge is 2.13. The number of halogens is 1. The first-order valence-electron chi connectivity index (χ1n) is 7.18. The van der Waals surface area contributed by atoms with Gasteiger partial charge in [0.2, 0.25) is 0 Å². The molecule has 1 N–H and O–H groups in total. The van der Waals surface area contributed by atoms with E-state index in [0.29, 0.717) is 6.42 Å². The van der Waals surface area contributed by atoms with Crippen molar-refractivity contribution >= 4 is 44.4 Å². The summed E-state index contributed by atoms with van der Waals surface area (Å²) in [6.07, 6.45) is 1.30. The highest BCUT2D eigenvalue weighted by Crippen LogP contribution is 2.33. The summed E-state index contributed by atoms with van der Waals surface area (Å²) in [5, 5.41) is 4.09. The SMILES string of the molecule is Cc1ccc(-c2nc(Nc3cccc(Br)c3)sc2CC=O)cc1. The van der Waals surface area contributed by atoms with E-state index >= 15 is 0 Å². The second kappa shape index (κ2) is 7.06. The van der Waals surface area contributed by atoms with E-state index < -0.39 is 0 Å². The van der Waals surface area contributed by atoms with Gasteiger partial charge in [0.1, 0.15) is 6.29 Å². The fourth-order valence-electron chi connectivity index (χ4n) is 2.25. The highest BCUT2D eigenvalue weighted by atomic mass is 79.9. The molecular weight excluding hydrogens is 372 g/mol. The first-order chi connectivity index (χ1) is 11.2. The predicted octanol–water partition coefficient (Wildman–Crippen LogP) is 5.37. The summed E-state index contributed by atoms with van der Waals surface area (Å²) in [4.78, 5) is 16.6. The summed E-state index contributed by atoms with van der Waals surface area (Å²) in [6, 6.07) is 16.1. The molecule has 3 rings (SSSR count). The molecule has 1 heterocycles. The largest absolute Gasteiger partial charge is 0.331 e. The number of thiazole rings is 1. The molecule has 0 bridgehead atoms. The molecule has 2 aromatic carbocycles. The molecule has 5 heteroatoms. The van der Waals surface area contributed by atoms with Gasteiger partial charge in [-0.1, -0.05) is 51.8 Å². The molecule has 0 unspecified atom stereocenters. The van der Waals surface area contributed by atoms with Crippen LogP contribution in [-0.2, 0) is 11.2 Å². The van der Waals surface area contributed by atoms with Crippen molar-refractivity contribution in [3.8, 4) is 11.3 Å². The first kappa shape index (κ1) is 15.9. The van der Waals surface area contributed by atoms with Crippen LogP contribution >= 0.6 is 27.3 Å². The van der Waals surface area contributed by atoms with Crippen LogP contribution in [0.1, 0.15) is 10.4 Å². The molecule has 0 aliphatic carbocycles. The molecule has 0 aliphatic rings. The number of hydrogen-bond acceptors (Lipinski definition) is 4. The van der Waals surface area contributed by atoms with Gasteiger partial charge in [0, 0.05) is 27.0 Å². The van der Waals surface area contributed by atoms with Gasteiger partial charge in [0.05, 0.1) is 5.69 Å². The topological polar surface area (TPSA) is 42.0 Å². The lowest BCUT2D eigenvalue weighted by Crippen LogP contribution is -1.90. The predicted molar refractivity (Wildman–Crippen MR) is 99.5 cm³/mol. The van der Waals surface area contributed by atoms with Gasteiger partial charge in [-0.15, -0.1) is 11.3 Å². The van der Waals surface area contributed by atoms with Crippen molar-refractivity contribution in [2.24, 2.45) is 0 Å². The van der Waals surface area contributed by atoms with Crippen molar-refractivity contribution in [1.29, 1.82) is 0 Å². The molecular formula is C18H15BrN2OS. The third-order valence-electron chi connectivity index (χ3n) is 3.37. The van der Waals surface area contributed by atoms with Crippen molar-refractivity contribution in [3.63, 3.8) is 0 Å². The summed E-state index contributed by atoms with van der Waals surface area (Å²) in [5.41, 5.74) is 4.07. The minimum absolute atomic E-state index is 0.376. The van der Waals surface area contributed by atoms with Crippen LogP contribution in [0.25, 0.3) is 11.3 Å². The molecule has 3 nitrogen and oxygen atoms in total. The Kier molecular flexibility index (Phi) is 4.88. The third kappa shape index (κ3) is 3.86. The quantitative estimate of drug-likeness (QED) is 0.599. The van der Waals surface area contributed by atoms with Crippen LogP contribution in [0.15, 0.2) is 53.0 Å². The van der Waals surface area contributed by atoms with Crippen molar-refractivity contribution in [1.82, 2.24) is 4.98 Å². The van der Waals surface area contributed by atoms with Crippen molar-refractivity contribution in [3.05, 3.63) is 63.4 Å². The van der Waals surface area contributed by atoms with Crippen LogP contribution in [0, 0.1) is 6.92 Å². The van der Waals surface area contributed by atoms with Gasteiger partial charge in [-0.05, 0) is 25.1 Å². The van der Waals surface area contributed by atoms with E-state index in [4.69, 9.17) is 0 Å². The van der Waals surface area contributed by atoms with Crippen LogP contribution in [-0.4, -0.2) is 11.3 Å². The molecule has 0 fully saturated rings. The lowest BCUT2D eigenvalue weighted by Gasteiger charge is -2.02. The minimum Gasteiger partial charge on any atom is -0.331 e. The third-order valence-corrected chi connectivity index (χ3v) is 4.85. The van der Waals surface area contributed by atoms with Crippen LogP contribution in [0.3, 0.4) is 0 Å². The van der Waals surface area contributed by atoms with Gasteiger partial charge in [0.25, 0.3) is 0 Å². The summed E-state index contributed by atoms with van der Waals surface area (Å²) >= 11 is 4.98. The number of nitrogens with zero attached hydrogens (tertiary/aromatic N) is 1. The van der Waals surface area contributed by atoms with Crippen molar-refractivity contribution < 1.29 is 4.79 Å². The molecule has 0 atom stereocenters. The molecule has 1 aromatic heterocycles. The number of carbonyl (C=O) groups is 1. The van der Waals surface area contributed by atoms with Crippen LogP contribution in [0.2, 0.25) is 0 Å². The van der Waals surface area contributed by atoms with E-state index in [1.54, 1.807) is 0 Å². The van der Waals surface area contributed by atoms with Gasteiger partial charge in [-0.25, -0.2) is 4.98 Å². The number of aryl methyl sites for hydroxylation is 1. The van der Waals surface area contributed by atoms with Crippen LogP contribution in [0.5, 0.6) is 0 Å².